The standard InChI is InChI=1S/C30H33N7O/c1-19-12-31-28(37-17-21-14-35(2)15-22(21)18-37)10-24(19)29(38)34-30(8-9-30)25-11-27(20-13-32-36(3)16-20)33-26-7-5-4-6-23(25)26/h4-7,10-13,16,21-22H,8-9,14-15,17-18H2,1-3H3,(H,34,38)/t21-,22+. The van der Waals surface area contributed by atoms with Crippen LogP contribution < -0.4 is 10.2 Å². The van der Waals surface area contributed by atoms with Crippen molar-refractivity contribution >= 4 is 22.6 Å². The van der Waals surface area contributed by atoms with Crippen LogP contribution in [-0.2, 0) is 12.6 Å². The van der Waals surface area contributed by atoms with E-state index < -0.39 is 5.54 Å². The zero-order valence-electron chi connectivity index (χ0n) is 22.2. The highest BCUT2D eigenvalue weighted by atomic mass is 16.1. The molecule has 7 rings (SSSR count). The molecular weight excluding hydrogens is 474 g/mol. The zero-order chi connectivity index (χ0) is 26.0. The average Bonchev–Trinajstić information content (AvgIpc) is 3.17. The summed E-state index contributed by atoms with van der Waals surface area (Å²) in [6.45, 7) is 6.28. The summed E-state index contributed by atoms with van der Waals surface area (Å²) in [4.78, 5) is 28.2. The Hall–Kier alpha value is -3.78. The van der Waals surface area contributed by atoms with Crippen LogP contribution in [0.5, 0.6) is 0 Å². The highest BCUT2D eigenvalue weighted by molar-refractivity contribution is 5.98. The molecule has 38 heavy (non-hydrogen) atoms. The summed E-state index contributed by atoms with van der Waals surface area (Å²) in [6.07, 6.45) is 7.47. The fraction of sp³-hybridized carbons (Fsp3) is 0.400. The van der Waals surface area contributed by atoms with Crippen LogP contribution >= 0.6 is 0 Å². The van der Waals surface area contributed by atoms with Gasteiger partial charge in [-0.3, -0.25) is 9.48 Å². The molecule has 1 N–H and O–H groups in total. The van der Waals surface area contributed by atoms with Crippen molar-refractivity contribution in [3.05, 3.63) is 71.7 Å². The van der Waals surface area contributed by atoms with Gasteiger partial charge in [-0.1, -0.05) is 18.2 Å². The number of pyridine rings is 2. The van der Waals surface area contributed by atoms with Gasteiger partial charge in [0.2, 0.25) is 0 Å². The Kier molecular flexibility index (Phi) is 5.30. The summed E-state index contributed by atoms with van der Waals surface area (Å²) in [5.74, 6) is 2.25. The van der Waals surface area contributed by atoms with E-state index >= 15 is 0 Å². The van der Waals surface area contributed by atoms with Gasteiger partial charge in [0, 0.05) is 62.1 Å². The molecule has 3 fully saturated rings. The number of anilines is 1. The van der Waals surface area contributed by atoms with Crippen molar-refractivity contribution in [3.8, 4) is 11.3 Å². The lowest BCUT2D eigenvalue weighted by Crippen LogP contribution is -2.36. The number of amides is 1. The average molecular weight is 508 g/mol. The summed E-state index contributed by atoms with van der Waals surface area (Å²) in [7, 11) is 4.11. The normalized spacial score (nSPS) is 22.1. The van der Waals surface area contributed by atoms with Crippen molar-refractivity contribution in [2.24, 2.45) is 18.9 Å². The van der Waals surface area contributed by atoms with Crippen LogP contribution in [0.4, 0.5) is 5.82 Å². The number of likely N-dealkylation sites (tertiary alicyclic amines) is 1. The van der Waals surface area contributed by atoms with Crippen LogP contribution in [0.15, 0.2) is 55.0 Å². The minimum absolute atomic E-state index is 0.0356. The van der Waals surface area contributed by atoms with Crippen molar-refractivity contribution in [3.63, 3.8) is 0 Å². The summed E-state index contributed by atoms with van der Waals surface area (Å²) >= 11 is 0. The first-order valence-corrected chi connectivity index (χ1v) is 13.5. The van der Waals surface area contributed by atoms with Gasteiger partial charge < -0.3 is 15.1 Å². The molecule has 2 atom stereocenters. The maximum atomic E-state index is 13.8. The molecule has 0 radical (unpaired) electrons. The Morgan fingerprint density at radius 3 is 2.50 bits per heavy atom. The molecule has 1 aliphatic carbocycles. The van der Waals surface area contributed by atoms with Gasteiger partial charge in [0.15, 0.2) is 0 Å². The topological polar surface area (TPSA) is 79.2 Å². The monoisotopic (exact) mass is 507 g/mol. The highest BCUT2D eigenvalue weighted by Crippen LogP contribution is 2.49. The van der Waals surface area contributed by atoms with Gasteiger partial charge in [0.25, 0.3) is 5.91 Å². The van der Waals surface area contributed by atoms with E-state index in [4.69, 9.17) is 9.97 Å². The van der Waals surface area contributed by atoms with Crippen molar-refractivity contribution in [2.75, 3.05) is 38.1 Å². The van der Waals surface area contributed by atoms with E-state index in [2.05, 4.69) is 39.4 Å². The van der Waals surface area contributed by atoms with Gasteiger partial charge in [-0.2, -0.15) is 5.10 Å². The number of benzene rings is 1. The molecule has 4 aromatic rings. The van der Waals surface area contributed by atoms with E-state index in [1.54, 1.807) is 4.68 Å². The molecule has 3 aliphatic rings. The van der Waals surface area contributed by atoms with Crippen LogP contribution in [0.3, 0.4) is 0 Å². The fourth-order valence-corrected chi connectivity index (χ4v) is 6.49. The van der Waals surface area contributed by atoms with Crippen LogP contribution in [0, 0.1) is 18.8 Å². The summed E-state index contributed by atoms with van der Waals surface area (Å²) in [5.41, 5.74) is 5.11. The fourth-order valence-electron chi connectivity index (χ4n) is 6.49. The lowest BCUT2D eigenvalue weighted by Gasteiger charge is -2.23. The Morgan fingerprint density at radius 1 is 1.03 bits per heavy atom. The second kappa shape index (κ2) is 8.63. The van der Waals surface area contributed by atoms with Gasteiger partial charge in [-0.25, -0.2) is 9.97 Å². The lowest BCUT2D eigenvalue weighted by molar-refractivity contribution is 0.0930. The first-order valence-electron chi connectivity index (χ1n) is 13.5. The highest BCUT2D eigenvalue weighted by Gasteiger charge is 2.47. The van der Waals surface area contributed by atoms with Crippen LogP contribution in [0.1, 0.15) is 34.3 Å². The zero-order valence-corrected chi connectivity index (χ0v) is 22.2. The SMILES string of the molecule is Cc1cnc(N2C[C@H]3CN(C)C[C@H]3C2)cc1C(=O)NC1(c2cc(-c3cnn(C)c3)nc3ccccc23)CC1. The minimum atomic E-state index is -0.401. The predicted molar refractivity (Wildman–Crippen MR) is 148 cm³/mol. The predicted octanol–water partition coefficient (Wildman–Crippen LogP) is 3.76. The van der Waals surface area contributed by atoms with Crippen molar-refractivity contribution in [1.29, 1.82) is 0 Å². The Balaban J connectivity index is 1.20. The molecule has 3 aromatic heterocycles. The molecule has 1 amide bonds. The van der Waals surface area contributed by atoms with Gasteiger partial charge in [0.05, 0.1) is 22.9 Å². The lowest BCUT2D eigenvalue weighted by atomic mass is 9.97. The third kappa shape index (κ3) is 3.95. The number of rotatable bonds is 5. The maximum Gasteiger partial charge on any atom is 0.252 e. The molecule has 1 saturated carbocycles. The molecule has 0 bridgehead atoms. The van der Waals surface area contributed by atoms with Crippen LogP contribution in [0.2, 0.25) is 0 Å². The largest absolute Gasteiger partial charge is 0.356 e. The molecular formula is C30H33N7O. The number of para-hydroxylation sites is 1. The number of nitrogens with one attached hydrogen (secondary N) is 1. The van der Waals surface area contributed by atoms with E-state index in [9.17, 15) is 4.79 Å². The molecule has 5 heterocycles. The molecule has 8 heteroatoms. The van der Waals surface area contributed by atoms with Gasteiger partial charge in [-0.15, -0.1) is 0 Å². The quantitative estimate of drug-likeness (QED) is 0.443. The number of carbonyl (C=O) groups is 1. The van der Waals surface area contributed by atoms with Crippen LogP contribution in [-0.4, -0.2) is 63.8 Å². The van der Waals surface area contributed by atoms with Gasteiger partial charge in [0.1, 0.15) is 5.82 Å². The minimum Gasteiger partial charge on any atom is -0.356 e. The van der Waals surface area contributed by atoms with Crippen molar-refractivity contribution in [1.82, 2.24) is 30.0 Å². The van der Waals surface area contributed by atoms with Crippen molar-refractivity contribution in [2.45, 2.75) is 25.3 Å². The second-order valence-corrected chi connectivity index (χ2v) is 11.5. The Labute approximate surface area is 222 Å². The van der Waals surface area contributed by atoms with Gasteiger partial charge >= 0.3 is 0 Å². The number of aromatic nitrogens is 4. The van der Waals surface area contributed by atoms with E-state index in [1.165, 1.54) is 0 Å². The van der Waals surface area contributed by atoms with Gasteiger partial charge in [-0.05, 0) is 68.0 Å². The molecule has 1 aromatic carbocycles. The Bertz CT molecular complexity index is 1540. The maximum absolute atomic E-state index is 13.8. The smallest absolute Gasteiger partial charge is 0.252 e. The number of aryl methyl sites for hydroxylation is 2. The van der Waals surface area contributed by atoms with E-state index in [-0.39, 0.29) is 5.91 Å². The summed E-state index contributed by atoms with van der Waals surface area (Å²) in [6, 6.07) is 12.3. The van der Waals surface area contributed by atoms with E-state index in [1.807, 2.05) is 56.8 Å². The Morgan fingerprint density at radius 2 is 1.79 bits per heavy atom. The van der Waals surface area contributed by atoms with E-state index in [0.717, 1.165) is 78.1 Å². The number of carbonyl (C=O) groups excluding carboxylic acids is 1. The third-order valence-electron chi connectivity index (χ3n) is 8.66. The second-order valence-electron chi connectivity index (χ2n) is 11.5. The summed E-state index contributed by atoms with van der Waals surface area (Å²) < 4.78 is 1.79. The molecule has 2 saturated heterocycles. The molecule has 0 unspecified atom stereocenters. The first kappa shape index (κ1) is 23.3. The number of hydrogen-bond acceptors (Lipinski definition) is 6. The summed E-state index contributed by atoms with van der Waals surface area (Å²) in [5, 5.41) is 8.86. The number of hydrogen-bond donors (Lipinski definition) is 1. The van der Waals surface area contributed by atoms with E-state index in [0.29, 0.717) is 17.4 Å². The molecule has 194 valence electrons. The number of fused-ring (bicyclic) bond motifs is 2. The van der Waals surface area contributed by atoms with Crippen molar-refractivity contribution < 1.29 is 4.79 Å². The molecule has 2 aliphatic heterocycles. The molecule has 0 spiro atoms. The first-order chi connectivity index (χ1) is 18.4. The third-order valence-corrected chi connectivity index (χ3v) is 8.66. The molecule has 8 nitrogen and oxygen atoms in total. The van der Waals surface area contributed by atoms with Crippen LogP contribution in [0.25, 0.3) is 22.2 Å². The number of nitrogens with zero attached hydrogens (tertiary/aromatic N) is 6.